The zero-order valence-corrected chi connectivity index (χ0v) is 18.1. The van der Waals surface area contributed by atoms with Gasteiger partial charge in [0.1, 0.15) is 12.4 Å². The molecule has 1 aromatic carbocycles. The third-order valence-electron chi connectivity index (χ3n) is 4.51. The standard InChI is InChI=1S/C18H18N2O3S.C4H9NO/c1-4-9-23-18(21)15-11(2)20-17(24)14(10-19)16(15)12-5-7-13(22-3)8-6-12;1-3-6-4-2-5-1/h4-8,16,20,24H,1,9H2,2-3H3;5H,1-4H2. The summed E-state index contributed by atoms with van der Waals surface area (Å²) in [6.07, 6.45) is 1.50. The number of thiol groups is 1. The van der Waals surface area contributed by atoms with Crippen molar-refractivity contribution in [3.05, 3.63) is 64.4 Å². The number of allylic oxidation sites excluding steroid dienone is 2. The van der Waals surface area contributed by atoms with Crippen LogP contribution >= 0.6 is 12.6 Å². The van der Waals surface area contributed by atoms with Gasteiger partial charge in [0.05, 0.1) is 48.5 Å². The molecule has 0 radical (unpaired) electrons. The molecular weight excluding hydrogens is 402 g/mol. The lowest BCUT2D eigenvalue weighted by Gasteiger charge is -2.28. The van der Waals surface area contributed by atoms with Crippen LogP contribution < -0.4 is 15.4 Å². The number of nitriles is 1. The number of nitrogens with one attached hydrogen (secondary N) is 2. The van der Waals surface area contributed by atoms with Gasteiger partial charge in [0.2, 0.25) is 0 Å². The fourth-order valence-corrected chi connectivity index (χ4v) is 3.40. The highest BCUT2D eigenvalue weighted by atomic mass is 32.1. The Kier molecular flexibility index (Phi) is 9.48. The van der Waals surface area contributed by atoms with E-state index >= 15 is 0 Å². The summed E-state index contributed by atoms with van der Waals surface area (Å²) < 4.78 is 15.4. The maximum Gasteiger partial charge on any atom is 0.337 e. The molecule has 160 valence electrons. The van der Waals surface area contributed by atoms with Gasteiger partial charge >= 0.3 is 5.97 Å². The molecule has 2 heterocycles. The van der Waals surface area contributed by atoms with Crippen molar-refractivity contribution in [2.45, 2.75) is 12.8 Å². The molecule has 1 atom stereocenters. The van der Waals surface area contributed by atoms with Gasteiger partial charge in [-0.1, -0.05) is 24.8 Å². The van der Waals surface area contributed by atoms with Crippen molar-refractivity contribution < 1.29 is 19.0 Å². The van der Waals surface area contributed by atoms with E-state index in [1.165, 1.54) is 6.08 Å². The quantitative estimate of drug-likeness (QED) is 0.376. The van der Waals surface area contributed by atoms with Crippen LogP contribution in [0.2, 0.25) is 0 Å². The lowest BCUT2D eigenvalue weighted by Crippen LogP contribution is -2.30. The minimum atomic E-state index is -0.549. The summed E-state index contributed by atoms with van der Waals surface area (Å²) in [5.41, 5.74) is 2.13. The number of carbonyl (C=O) groups is 1. The summed E-state index contributed by atoms with van der Waals surface area (Å²) in [7, 11) is 1.58. The monoisotopic (exact) mass is 429 g/mol. The topological polar surface area (TPSA) is 92.6 Å². The third kappa shape index (κ3) is 6.13. The van der Waals surface area contributed by atoms with Gasteiger partial charge in [0, 0.05) is 18.8 Å². The van der Waals surface area contributed by atoms with E-state index in [0.717, 1.165) is 31.9 Å². The predicted molar refractivity (Wildman–Crippen MR) is 118 cm³/mol. The zero-order chi connectivity index (χ0) is 21.9. The Hall–Kier alpha value is -2.73. The minimum Gasteiger partial charge on any atom is -0.497 e. The van der Waals surface area contributed by atoms with E-state index in [1.807, 2.05) is 12.1 Å². The van der Waals surface area contributed by atoms with Crippen LogP contribution in [0.1, 0.15) is 18.4 Å². The first-order chi connectivity index (χ1) is 14.5. The molecule has 8 heteroatoms. The van der Waals surface area contributed by atoms with E-state index in [0.29, 0.717) is 27.6 Å². The van der Waals surface area contributed by atoms with Crippen molar-refractivity contribution in [3.63, 3.8) is 0 Å². The SMILES string of the molecule is C1COCCN1.C=CCOC(=O)C1=C(C)NC(S)=C(C#N)C1c1ccc(OC)cc1. The molecule has 0 aliphatic carbocycles. The van der Waals surface area contributed by atoms with Crippen molar-refractivity contribution in [1.29, 1.82) is 5.26 Å². The lowest BCUT2D eigenvalue weighted by molar-refractivity contribution is -0.138. The fourth-order valence-electron chi connectivity index (χ4n) is 3.06. The largest absolute Gasteiger partial charge is 0.497 e. The van der Waals surface area contributed by atoms with Gasteiger partial charge in [-0.2, -0.15) is 5.26 Å². The number of hydrogen-bond acceptors (Lipinski definition) is 8. The Morgan fingerprint density at radius 3 is 2.50 bits per heavy atom. The molecule has 2 aliphatic heterocycles. The van der Waals surface area contributed by atoms with Crippen LogP contribution in [0.4, 0.5) is 0 Å². The van der Waals surface area contributed by atoms with E-state index in [1.54, 1.807) is 26.2 Å². The molecule has 0 saturated carbocycles. The van der Waals surface area contributed by atoms with Crippen LogP contribution in [0.3, 0.4) is 0 Å². The summed E-state index contributed by atoms with van der Waals surface area (Å²) >= 11 is 4.34. The average Bonchev–Trinajstić information content (AvgIpc) is 2.78. The first kappa shape index (κ1) is 23.5. The summed E-state index contributed by atoms with van der Waals surface area (Å²) in [6, 6.07) is 9.35. The number of methoxy groups -OCH3 is 1. The number of carbonyl (C=O) groups excluding carboxylic acids is 1. The Labute approximate surface area is 182 Å². The van der Waals surface area contributed by atoms with Crippen molar-refractivity contribution in [3.8, 4) is 11.8 Å². The molecule has 30 heavy (non-hydrogen) atoms. The van der Waals surface area contributed by atoms with Crippen LogP contribution in [0, 0.1) is 11.3 Å². The Bertz CT molecular complexity index is 841. The second-order valence-electron chi connectivity index (χ2n) is 6.49. The first-order valence-corrected chi connectivity index (χ1v) is 9.99. The molecular formula is C22H27N3O4S. The zero-order valence-electron chi connectivity index (χ0n) is 17.2. The second-order valence-corrected chi connectivity index (χ2v) is 6.94. The van der Waals surface area contributed by atoms with E-state index in [-0.39, 0.29) is 6.61 Å². The third-order valence-corrected chi connectivity index (χ3v) is 4.86. The number of benzene rings is 1. The summed E-state index contributed by atoms with van der Waals surface area (Å²) in [5, 5.41) is 16.1. The molecule has 3 rings (SSSR count). The van der Waals surface area contributed by atoms with Crippen molar-refractivity contribution in [1.82, 2.24) is 10.6 Å². The normalized spacial score (nSPS) is 18.4. The van der Waals surface area contributed by atoms with E-state index in [9.17, 15) is 10.1 Å². The highest BCUT2D eigenvalue weighted by molar-refractivity contribution is 7.84. The number of rotatable bonds is 5. The van der Waals surface area contributed by atoms with Gasteiger partial charge in [-0.05, 0) is 24.6 Å². The van der Waals surface area contributed by atoms with Crippen LogP contribution in [0.15, 0.2) is 58.8 Å². The van der Waals surface area contributed by atoms with Crippen LogP contribution in [-0.2, 0) is 14.3 Å². The average molecular weight is 430 g/mol. The maximum absolute atomic E-state index is 12.5. The van der Waals surface area contributed by atoms with E-state index in [4.69, 9.17) is 14.2 Å². The van der Waals surface area contributed by atoms with Crippen LogP contribution in [-0.4, -0.2) is 46.0 Å². The van der Waals surface area contributed by atoms with Gasteiger partial charge in [-0.15, -0.1) is 12.6 Å². The molecule has 1 fully saturated rings. The number of hydrogen-bond donors (Lipinski definition) is 3. The highest BCUT2D eigenvalue weighted by Crippen LogP contribution is 2.39. The molecule has 0 bridgehead atoms. The second kappa shape index (κ2) is 12.1. The number of ether oxygens (including phenoxy) is 3. The Morgan fingerprint density at radius 1 is 1.37 bits per heavy atom. The number of nitrogens with zero attached hydrogens (tertiary/aromatic N) is 1. The maximum atomic E-state index is 12.5. The predicted octanol–water partition coefficient (Wildman–Crippen LogP) is 2.66. The highest BCUT2D eigenvalue weighted by Gasteiger charge is 2.34. The van der Waals surface area contributed by atoms with Gasteiger partial charge in [-0.3, -0.25) is 0 Å². The molecule has 0 amide bonds. The molecule has 0 aromatic heterocycles. The van der Waals surface area contributed by atoms with E-state index < -0.39 is 11.9 Å². The van der Waals surface area contributed by atoms with Crippen molar-refractivity contribution in [2.24, 2.45) is 0 Å². The van der Waals surface area contributed by atoms with Gasteiger partial charge in [-0.25, -0.2) is 4.79 Å². The molecule has 2 aliphatic rings. The lowest BCUT2D eigenvalue weighted by atomic mass is 9.82. The molecule has 1 saturated heterocycles. The first-order valence-electron chi connectivity index (χ1n) is 9.54. The summed E-state index contributed by atoms with van der Waals surface area (Å²) in [6.45, 7) is 9.23. The smallest absolute Gasteiger partial charge is 0.337 e. The molecule has 0 spiro atoms. The van der Waals surface area contributed by atoms with E-state index in [2.05, 4.69) is 35.9 Å². The van der Waals surface area contributed by atoms with Gasteiger partial charge in [0.25, 0.3) is 0 Å². The number of esters is 1. The number of dihydropyridines is 1. The Balaban J connectivity index is 0.000000456. The number of morpholine rings is 1. The summed E-state index contributed by atoms with van der Waals surface area (Å²) in [4.78, 5) is 12.5. The van der Waals surface area contributed by atoms with Gasteiger partial charge in [0.15, 0.2) is 0 Å². The van der Waals surface area contributed by atoms with Gasteiger partial charge < -0.3 is 24.8 Å². The van der Waals surface area contributed by atoms with Crippen LogP contribution in [0.5, 0.6) is 5.75 Å². The summed E-state index contributed by atoms with van der Waals surface area (Å²) in [5.74, 6) is -0.348. The minimum absolute atomic E-state index is 0.101. The molecule has 1 unspecified atom stereocenters. The molecule has 7 nitrogen and oxygen atoms in total. The van der Waals surface area contributed by atoms with Crippen molar-refractivity contribution >= 4 is 18.6 Å². The molecule has 1 aromatic rings. The Morgan fingerprint density at radius 2 is 2.03 bits per heavy atom. The molecule has 2 N–H and O–H groups in total. The van der Waals surface area contributed by atoms with Crippen molar-refractivity contribution in [2.75, 3.05) is 40.0 Å². The van der Waals surface area contributed by atoms with Crippen LogP contribution in [0.25, 0.3) is 0 Å². The fraction of sp³-hybridized carbons (Fsp3) is 0.364.